The van der Waals surface area contributed by atoms with Crippen LogP contribution in [-0.2, 0) is 26.2 Å². The Kier molecular flexibility index (Phi) is 6.83. The van der Waals surface area contributed by atoms with Gasteiger partial charge in [0.05, 0.1) is 0 Å². The van der Waals surface area contributed by atoms with Gasteiger partial charge in [0.15, 0.2) is 0 Å². The molecular formula is C11H11F3Zr-2. The van der Waals surface area contributed by atoms with Crippen molar-refractivity contribution in [3.63, 3.8) is 0 Å². The molecule has 0 unspecified atom stereocenters. The van der Waals surface area contributed by atoms with E-state index in [9.17, 15) is 13.2 Å². The zero-order chi connectivity index (χ0) is 10.4. The smallest absolute Gasteiger partial charge is 1.00 e. The van der Waals surface area contributed by atoms with Crippen molar-refractivity contribution in [2.75, 3.05) is 0 Å². The van der Waals surface area contributed by atoms with Crippen molar-refractivity contribution >= 4 is 0 Å². The first kappa shape index (κ1) is 14.6. The Morgan fingerprint density at radius 1 is 1.20 bits per heavy atom. The maximum Gasteiger partial charge on any atom is 2.00 e. The van der Waals surface area contributed by atoms with E-state index in [2.05, 4.69) is 18.2 Å². The van der Waals surface area contributed by atoms with E-state index in [-0.39, 0.29) is 35.5 Å². The molecule has 2 aliphatic carbocycles. The fourth-order valence-corrected chi connectivity index (χ4v) is 0.940. The summed E-state index contributed by atoms with van der Waals surface area (Å²) in [5.41, 5.74) is -0.650. The predicted octanol–water partition coefficient (Wildman–Crippen LogP) is 3.77. The van der Waals surface area contributed by atoms with Crippen molar-refractivity contribution in [3.8, 4) is 0 Å². The van der Waals surface area contributed by atoms with Gasteiger partial charge in [0.2, 0.25) is 0 Å². The third-order valence-corrected chi connectivity index (χ3v) is 1.59. The van der Waals surface area contributed by atoms with Gasteiger partial charge in [0, 0.05) is 0 Å². The van der Waals surface area contributed by atoms with Crippen LogP contribution in [0.2, 0.25) is 0 Å². The number of allylic oxidation sites excluding steroid dienone is 8. The molecule has 0 atom stereocenters. The second-order valence-electron chi connectivity index (χ2n) is 2.70. The molecule has 0 spiro atoms. The predicted molar refractivity (Wildman–Crippen MR) is 50.4 cm³/mol. The quantitative estimate of drug-likeness (QED) is 0.596. The Labute approximate surface area is 109 Å². The molecule has 0 aliphatic heterocycles. The summed E-state index contributed by atoms with van der Waals surface area (Å²) in [7, 11) is 0. The summed E-state index contributed by atoms with van der Waals surface area (Å²) in [4.78, 5) is 0. The molecule has 15 heavy (non-hydrogen) atoms. The molecule has 0 N–H and O–H groups in total. The van der Waals surface area contributed by atoms with Gasteiger partial charge in [-0.05, 0) is 0 Å². The molecule has 0 aromatic rings. The summed E-state index contributed by atoms with van der Waals surface area (Å²) in [6.07, 6.45) is 10.7. The van der Waals surface area contributed by atoms with Crippen molar-refractivity contribution in [2.45, 2.75) is 19.0 Å². The molecule has 4 heteroatoms. The third-order valence-electron chi connectivity index (χ3n) is 1.59. The van der Waals surface area contributed by atoms with Crippen LogP contribution in [0.25, 0.3) is 0 Å². The number of rotatable bonds is 0. The maximum atomic E-state index is 11.6. The summed E-state index contributed by atoms with van der Waals surface area (Å²) in [5, 5.41) is 0. The molecule has 0 radical (unpaired) electrons. The van der Waals surface area contributed by atoms with Crippen LogP contribution in [-0.4, -0.2) is 6.18 Å². The van der Waals surface area contributed by atoms with Gasteiger partial charge in [-0.2, -0.15) is 25.3 Å². The van der Waals surface area contributed by atoms with E-state index in [0.29, 0.717) is 0 Å². The van der Waals surface area contributed by atoms with Gasteiger partial charge >= 0.3 is 32.4 Å². The minimum atomic E-state index is -4.20. The van der Waals surface area contributed by atoms with Crippen molar-refractivity contribution in [2.24, 2.45) is 0 Å². The Bertz CT molecular complexity index is 294. The monoisotopic (exact) mass is 290 g/mol. The van der Waals surface area contributed by atoms with Crippen molar-refractivity contribution < 1.29 is 42.2 Å². The zero-order valence-corrected chi connectivity index (χ0v) is 10.4. The van der Waals surface area contributed by atoms with E-state index >= 15 is 0 Å². The molecule has 0 amide bonds. The van der Waals surface area contributed by atoms with E-state index < -0.39 is 11.7 Å². The Morgan fingerprint density at radius 2 is 1.93 bits per heavy atom. The summed E-state index contributed by atoms with van der Waals surface area (Å²) >= 11 is 0. The van der Waals surface area contributed by atoms with Crippen LogP contribution < -0.4 is 0 Å². The Hall–Kier alpha value is -0.367. The maximum absolute atomic E-state index is 11.6. The molecule has 0 saturated carbocycles. The molecule has 0 aromatic heterocycles. The second-order valence-corrected chi connectivity index (χ2v) is 2.70. The minimum Gasteiger partial charge on any atom is -1.00 e. The van der Waals surface area contributed by atoms with Gasteiger partial charge in [-0.1, -0.05) is 0 Å². The summed E-state index contributed by atoms with van der Waals surface area (Å²) < 4.78 is 34.8. The van der Waals surface area contributed by atoms with Crippen LogP contribution in [0.4, 0.5) is 13.2 Å². The van der Waals surface area contributed by atoms with Crippen LogP contribution in [0.15, 0.2) is 36.0 Å². The first-order valence-corrected chi connectivity index (χ1v) is 4.17. The fraction of sp³-hybridized carbons (Fsp3) is 0.273. The molecule has 82 valence electrons. The molecule has 0 aromatic carbocycles. The minimum absolute atomic E-state index is 0. The van der Waals surface area contributed by atoms with E-state index in [1.165, 1.54) is 6.08 Å². The van der Waals surface area contributed by atoms with Gasteiger partial charge in [0.1, 0.15) is 0 Å². The largest absolute Gasteiger partial charge is 2.00 e. The average Bonchev–Trinajstić information content (AvgIpc) is 2.80. The Morgan fingerprint density at radius 3 is 2.13 bits per heavy atom. The molecule has 0 saturated heterocycles. The summed E-state index contributed by atoms with van der Waals surface area (Å²) in [5.74, 6) is 0. The van der Waals surface area contributed by atoms with Crippen LogP contribution in [0.3, 0.4) is 0 Å². The molecular weight excluding hydrogens is 280 g/mol. The normalized spacial score (nSPS) is 16.9. The van der Waals surface area contributed by atoms with Crippen LogP contribution in [0.1, 0.15) is 15.7 Å². The van der Waals surface area contributed by atoms with Crippen molar-refractivity contribution in [1.82, 2.24) is 0 Å². The Balaban J connectivity index is -0.000000216. The summed E-state index contributed by atoms with van der Waals surface area (Å²) in [6.45, 7) is 0. The zero-order valence-electron chi connectivity index (χ0n) is 9.93. The topological polar surface area (TPSA) is 0 Å². The van der Waals surface area contributed by atoms with Crippen LogP contribution in [0.5, 0.6) is 0 Å². The van der Waals surface area contributed by atoms with E-state index in [0.717, 1.165) is 12.5 Å². The molecule has 0 fully saturated rings. The van der Waals surface area contributed by atoms with E-state index in [1.54, 1.807) is 0 Å². The number of halogens is 3. The van der Waals surface area contributed by atoms with Gasteiger partial charge < -0.3 is 2.85 Å². The van der Waals surface area contributed by atoms with Crippen molar-refractivity contribution in [3.05, 3.63) is 48.1 Å². The van der Waals surface area contributed by atoms with Crippen molar-refractivity contribution in [1.29, 1.82) is 0 Å². The molecule has 0 bridgehead atoms. The number of alkyl halides is 3. The number of hydrogen-bond donors (Lipinski definition) is 0. The van der Waals surface area contributed by atoms with E-state index in [1.807, 2.05) is 12.2 Å². The van der Waals surface area contributed by atoms with E-state index in [4.69, 9.17) is 0 Å². The first-order chi connectivity index (χ1) is 6.61. The van der Waals surface area contributed by atoms with Gasteiger partial charge in [-0.25, -0.2) is 18.2 Å². The van der Waals surface area contributed by atoms with Gasteiger partial charge in [-0.15, -0.1) is 18.4 Å². The summed E-state index contributed by atoms with van der Waals surface area (Å²) in [6, 6.07) is 0. The van der Waals surface area contributed by atoms with Gasteiger partial charge in [-0.3, -0.25) is 12.2 Å². The third kappa shape index (κ3) is 5.93. The number of hydrogen-bond acceptors (Lipinski definition) is 0. The molecule has 2 rings (SSSR count). The first-order valence-electron chi connectivity index (χ1n) is 4.17. The SMILES string of the molecule is FC(F)(F)C1=[C-]CC=C1.[C-]1=CC=CC1.[H-].[H-].[Zr+2]. The standard InChI is InChI=1S/C6H4F3.C5H5.Zr.2H/c7-6(8,9)5-3-1-2-4-5;1-2-4-5-3-1;;;/h1,3H,2H2;1-3H,4H2;;;/q2*-1;+2;2*-1. The molecule has 2 aliphatic rings. The molecule has 0 nitrogen and oxygen atoms in total. The second kappa shape index (κ2) is 7.00. The average molecular weight is 291 g/mol. The fourth-order valence-electron chi connectivity index (χ4n) is 0.940. The molecule has 0 heterocycles. The van der Waals surface area contributed by atoms with Crippen LogP contribution in [0, 0.1) is 12.2 Å². The van der Waals surface area contributed by atoms with Crippen LogP contribution >= 0.6 is 0 Å². The van der Waals surface area contributed by atoms with Gasteiger partial charge in [0.25, 0.3) is 0 Å².